The molecule has 0 aliphatic carbocycles. The number of esters is 1. The van der Waals surface area contributed by atoms with Crippen LogP contribution < -0.4 is 0 Å². The Labute approximate surface area is 210 Å². The standard InChI is InChI=1S/C25H30N2O6S2/c1-3-33-25(30)19-10-12-26(13-11-19)24(29)23-15-21(34-17(2)28)16-27(23)35(31,32)22-9-8-18-6-4-5-7-20(18)14-22/h4-9,14,19,21,23H,3,10-13,15-16H2,1-2H3. The summed E-state index contributed by atoms with van der Waals surface area (Å²) in [4.78, 5) is 39.1. The monoisotopic (exact) mass is 518 g/mol. The molecule has 2 heterocycles. The fourth-order valence-electron chi connectivity index (χ4n) is 4.85. The van der Waals surface area contributed by atoms with Crippen molar-refractivity contribution in [3.8, 4) is 0 Å². The van der Waals surface area contributed by atoms with Gasteiger partial charge in [-0.3, -0.25) is 14.4 Å². The van der Waals surface area contributed by atoms with E-state index in [1.54, 1.807) is 30.0 Å². The number of benzene rings is 2. The van der Waals surface area contributed by atoms with Gasteiger partial charge in [0.15, 0.2) is 5.12 Å². The van der Waals surface area contributed by atoms with Crippen LogP contribution in [0.3, 0.4) is 0 Å². The molecule has 2 saturated heterocycles. The Kier molecular flexibility index (Phi) is 7.83. The van der Waals surface area contributed by atoms with E-state index in [1.165, 1.54) is 11.2 Å². The highest BCUT2D eigenvalue weighted by Gasteiger charge is 2.46. The summed E-state index contributed by atoms with van der Waals surface area (Å²) in [6, 6.07) is 11.6. The number of nitrogens with zero attached hydrogens (tertiary/aromatic N) is 2. The van der Waals surface area contributed by atoms with Crippen molar-refractivity contribution in [2.24, 2.45) is 5.92 Å². The number of thioether (sulfide) groups is 1. The van der Waals surface area contributed by atoms with E-state index >= 15 is 0 Å². The molecular formula is C25H30N2O6S2. The third-order valence-electron chi connectivity index (χ3n) is 6.59. The maximum atomic E-state index is 13.7. The quantitative estimate of drug-likeness (QED) is 0.542. The molecule has 2 atom stereocenters. The van der Waals surface area contributed by atoms with E-state index in [0.717, 1.165) is 22.5 Å². The summed E-state index contributed by atoms with van der Waals surface area (Å²) in [6.45, 7) is 4.35. The topological polar surface area (TPSA) is 101 Å². The molecule has 1 amide bonds. The lowest BCUT2D eigenvalue weighted by atomic mass is 9.96. The molecule has 2 unspecified atom stereocenters. The van der Waals surface area contributed by atoms with Crippen molar-refractivity contribution in [2.75, 3.05) is 26.2 Å². The lowest BCUT2D eigenvalue weighted by Crippen LogP contribution is -2.50. The summed E-state index contributed by atoms with van der Waals surface area (Å²) in [7, 11) is -3.98. The zero-order chi connectivity index (χ0) is 25.2. The fourth-order valence-corrected chi connectivity index (χ4v) is 7.60. The Morgan fingerprint density at radius 2 is 1.74 bits per heavy atom. The molecular weight excluding hydrogens is 488 g/mol. The van der Waals surface area contributed by atoms with Crippen molar-refractivity contribution < 1.29 is 27.5 Å². The molecule has 8 nitrogen and oxygen atoms in total. The predicted molar refractivity (Wildman–Crippen MR) is 134 cm³/mol. The summed E-state index contributed by atoms with van der Waals surface area (Å²) in [5, 5.41) is 1.32. The molecule has 0 spiro atoms. The summed E-state index contributed by atoms with van der Waals surface area (Å²) < 4.78 is 33.8. The molecule has 0 radical (unpaired) electrons. The minimum atomic E-state index is -3.98. The summed E-state index contributed by atoms with van der Waals surface area (Å²) in [5.74, 6) is -0.775. The van der Waals surface area contributed by atoms with Crippen LogP contribution in [0.15, 0.2) is 47.4 Å². The van der Waals surface area contributed by atoms with Crippen LogP contribution in [0.25, 0.3) is 10.8 Å². The van der Waals surface area contributed by atoms with Gasteiger partial charge in [0, 0.05) is 31.8 Å². The van der Waals surface area contributed by atoms with Crippen molar-refractivity contribution in [3.05, 3.63) is 42.5 Å². The van der Waals surface area contributed by atoms with E-state index in [0.29, 0.717) is 32.5 Å². The van der Waals surface area contributed by atoms with Crippen LogP contribution >= 0.6 is 11.8 Å². The number of amides is 1. The van der Waals surface area contributed by atoms with Crippen LogP contribution in [0.4, 0.5) is 0 Å². The zero-order valence-electron chi connectivity index (χ0n) is 19.9. The van der Waals surface area contributed by atoms with E-state index in [9.17, 15) is 22.8 Å². The molecule has 2 fully saturated rings. The van der Waals surface area contributed by atoms with E-state index in [4.69, 9.17) is 4.74 Å². The second kappa shape index (κ2) is 10.7. The first kappa shape index (κ1) is 25.7. The predicted octanol–water partition coefficient (Wildman–Crippen LogP) is 3.05. The van der Waals surface area contributed by atoms with Gasteiger partial charge in [0.1, 0.15) is 6.04 Å². The number of ether oxygens (including phenoxy) is 1. The Balaban J connectivity index is 1.57. The number of sulfonamides is 1. The fraction of sp³-hybridized carbons (Fsp3) is 0.480. The molecule has 0 bridgehead atoms. The number of hydrogen-bond acceptors (Lipinski definition) is 7. The highest BCUT2D eigenvalue weighted by molar-refractivity contribution is 8.14. The number of piperidine rings is 1. The van der Waals surface area contributed by atoms with Gasteiger partial charge in [0.25, 0.3) is 0 Å². The van der Waals surface area contributed by atoms with E-state index in [-0.39, 0.29) is 46.0 Å². The molecule has 4 rings (SSSR count). The highest BCUT2D eigenvalue weighted by Crippen LogP contribution is 2.35. The molecule has 2 aromatic rings. The van der Waals surface area contributed by atoms with Gasteiger partial charge in [0.2, 0.25) is 15.9 Å². The van der Waals surface area contributed by atoms with Crippen LogP contribution in [-0.4, -0.2) is 72.1 Å². The first-order valence-electron chi connectivity index (χ1n) is 11.8. The molecule has 35 heavy (non-hydrogen) atoms. The van der Waals surface area contributed by atoms with Crippen LogP contribution in [-0.2, 0) is 29.1 Å². The minimum absolute atomic E-state index is 0.0924. The number of rotatable bonds is 6. The number of hydrogen-bond donors (Lipinski definition) is 0. The van der Waals surface area contributed by atoms with Gasteiger partial charge >= 0.3 is 5.97 Å². The van der Waals surface area contributed by atoms with Crippen molar-refractivity contribution in [1.82, 2.24) is 9.21 Å². The van der Waals surface area contributed by atoms with E-state index in [1.807, 2.05) is 24.3 Å². The Morgan fingerprint density at radius 3 is 2.40 bits per heavy atom. The van der Waals surface area contributed by atoms with Gasteiger partial charge in [-0.25, -0.2) is 8.42 Å². The first-order valence-corrected chi connectivity index (χ1v) is 14.2. The second-order valence-corrected chi connectivity index (χ2v) is 12.3. The Hall–Kier alpha value is -2.43. The molecule has 2 aromatic carbocycles. The summed E-state index contributed by atoms with van der Waals surface area (Å²) in [6.07, 6.45) is 1.24. The van der Waals surface area contributed by atoms with Crippen LogP contribution in [0, 0.1) is 5.92 Å². The van der Waals surface area contributed by atoms with Crippen LogP contribution in [0.1, 0.15) is 33.1 Å². The Morgan fingerprint density at radius 1 is 1.06 bits per heavy atom. The third kappa shape index (κ3) is 5.54. The van der Waals surface area contributed by atoms with Gasteiger partial charge in [0.05, 0.1) is 17.4 Å². The van der Waals surface area contributed by atoms with Gasteiger partial charge in [-0.15, -0.1) is 0 Å². The average Bonchev–Trinajstić information content (AvgIpc) is 3.27. The lowest BCUT2D eigenvalue weighted by molar-refractivity contribution is -0.151. The smallest absolute Gasteiger partial charge is 0.309 e. The number of carbonyl (C=O) groups is 3. The van der Waals surface area contributed by atoms with Gasteiger partial charge in [-0.1, -0.05) is 42.1 Å². The molecule has 0 N–H and O–H groups in total. The van der Waals surface area contributed by atoms with Gasteiger partial charge < -0.3 is 9.64 Å². The van der Waals surface area contributed by atoms with Crippen LogP contribution in [0.2, 0.25) is 0 Å². The van der Waals surface area contributed by atoms with Gasteiger partial charge in [-0.2, -0.15) is 4.31 Å². The van der Waals surface area contributed by atoms with Crippen molar-refractivity contribution in [2.45, 2.75) is 49.3 Å². The molecule has 0 saturated carbocycles. The number of carbonyl (C=O) groups excluding carboxylic acids is 3. The highest BCUT2D eigenvalue weighted by atomic mass is 32.2. The van der Waals surface area contributed by atoms with Crippen LogP contribution in [0.5, 0.6) is 0 Å². The molecule has 2 aliphatic rings. The SMILES string of the molecule is CCOC(=O)C1CCN(C(=O)C2CC(SC(C)=O)CN2S(=O)(=O)c2ccc3ccccc3c2)CC1. The first-order chi connectivity index (χ1) is 16.7. The number of likely N-dealkylation sites (tertiary alicyclic amines) is 1. The molecule has 10 heteroatoms. The maximum absolute atomic E-state index is 13.7. The van der Waals surface area contributed by atoms with Crippen molar-refractivity contribution in [3.63, 3.8) is 0 Å². The lowest BCUT2D eigenvalue weighted by Gasteiger charge is -2.34. The van der Waals surface area contributed by atoms with E-state index in [2.05, 4.69) is 0 Å². The third-order valence-corrected chi connectivity index (χ3v) is 9.47. The van der Waals surface area contributed by atoms with Crippen molar-refractivity contribution >= 4 is 49.5 Å². The minimum Gasteiger partial charge on any atom is -0.466 e. The largest absolute Gasteiger partial charge is 0.466 e. The molecule has 2 aliphatic heterocycles. The average molecular weight is 519 g/mol. The summed E-state index contributed by atoms with van der Waals surface area (Å²) in [5.41, 5.74) is 0. The van der Waals surface area contributed by atoms with Crippen molar-refractivity contribution in [1.29, 1.82) is 0 Å². The normalized spacial score (nSPS) is 21.8. The second-order valence-electron chi connectivity index (χ2n) is 8.92. The number of fused-ring (bicyclic) bond motifs is 1. The Bertz CT molecular complexity index is 1220. The summed E-state index contributed by atoms with van der Waals surface area (Å²) >= 11 is 1.08. The zero-order valence-corrected chi connectivity index (χ0v) is 21.5. The molecule has 0 aromatic heterocycles. The van der Waals surface area contributed by atoms with E-state index < -0.39 is 16.1 Å². The molecule has 188 valence electrons. The maximum Gasteiger partial charge on any atom is 0.309 e. The van der Waals surface area contributed by atoms with Gasteiger partial charge in [-0.05, 0) is 49.1 Å².